The van der Waals surface area contributed by atoms with Crippen molar-refractivity contribution < 1.29 is 14.3 Å². The van der Waals surface area contributed by atoms with Gasteiger partial charge in [-0.15, -0.1) is 0 Å². The summed E-state index contributed by atoms with van der Waals surface area (Å²) in [5.74, 6) is 1.35. The zero-order valence-corrected chi connectivity index (χ0v) is 15.4. The van der Waals surface area contributed by atoms with Crippen molar-refractivity contribution >= 4 is 5.91 Å². The van der Waals surface area contributed by atoms with Gasteiger partial charge in [0.05, 0.1) is 5.92 Å². The van der Waals surface area contributed by atoms with Crippen LogP contribution in [0.1, 0.15) is 42.9 Å². The van der Waals surface area contributed by atoms with Crippen LogP contribution in [-0.2, 0) is 11.3 Å². The van der Waals surface area contributed by atoms with E-state index in [4.69, 9.17) is 15.2 Å². The predicted molar refractivity (Wildman–Crippen MR) is 104 cm³/mol. The average molecular weight is 366 g/mol. The Morgan fingerprint density at radius 2 is 1.78 bits per heavy atom. The number of hydrogen-bond donors (Lipinski definition) is 2. The zero-order chi connectivity index (χ0) is 18.6. The van der Waals surface area contributed by atoms with Crippen molar-refractivity contribution in [2.75, 3.05) is 6.61 Å². The molecule has 1 saturated carbocycles. The van der Waals surface area contributed by atoms with E-state index in [9.17, 15) is 4.79 Å². The van der Waals surface area contributed by atoms with E-state index in [2.05, 4.69) is 29.6 Å². The molecule has 1 unspecified atom stereocenters. The normalized spacial score (nSPS) is 24.4. The zero-order valence-electron chi connectivity index (χ0n) is 15.4. The van der Waals surface area contributed by atoms with Crippen LogP contribution in [0.25, 0.3) is 0 Å². The largest absolute Gasteiger partial charge is 0.485 e. The van der Waals surface area contributed by atoms with Gasteiger partial charge < -0.3 is 20.5 Å². The Kier molecular flexibility index (Phi) is 5.30. The second kappa shape index (κ2) is 8.01. The number of nitrogens with one attached hydrogen (secondary N) is 1. The van der Waals surface area contributed by atoms with Crippen LogP contribution in [0.5, 0.6) is 11.5 Å². The summed E-state index contributed by atoms with van der Waals surface area (Å²) in [5.41, 5.74) is 7.84. The molecular formula is C22H26N2O3. The number of rotatable bonds is 5. The Balaban J connectivity index is 1.36. The highest BCUT2D eigenvalue weighted by Gasteiger charge is 2.29. The lowest BCUT2D eigenvalue weighted by atomic mass is 9.84. The summed E-state index contributed by atoms with van der Waals surface area (Å²) in [6.07, 6.45) is 4.05. The molecule has 5 heteroatoms. The third-order valence-electron chi connectivity index (χ3n) is 5.56. The van der Waals surface area contributed by atoms with Gasteiger partial charge in [0.15, 0.2) is 17.6 Å². The average Bonchev–Trinajstić information content (AvgIpc) is 2.72. The quantitative estimate of drug-likeness (QED) is 0.851. The van der Waals surface area contributed by atoms with Crippen molar-refractivity contribution in [1.82, 2.24) is 5.32 Å². The molecule has 142 valence electrons. The summed E-state index contributed by atoms with van der Waals surface area (Å²) in [5, 5.41) is 3.52. The van der Waals surface area contributed by atoms with Crippen LogP contribution >= 0.6 is 0 Å². The molecule has 1 aliphatic heterocycles. The lowest BCUT2D eigenvalue weighted by Gasteiger charge is -2.30. The monoisotopic (exact) mass is 366 g/mol. The Bertz CT molecular complexity index is 790. The van der Waals surface area contributed by atoms with E-state index in [0.29, 0.717) is 6.61 Å². The molecule has 2 aliphatic rings. The third-order valence-corrected chi connectivity index (χ3v) is 5.56. The molecule has 0 bridgehead atoms. The smallest absolute Gasteiger partial charge is 0.222 e. The molecule has 2 aromatic carbocycles. The first-order chi connectivity index (χ1) is 13.2. The minimum Gasteiger partial charge on any atom is -0.485 e. The molecule has 3 atom stereocenters. The van der Waals surface area contributed by atoms with Crippen molar-refractivity contribution in [3.63, 3.8) is 0 Å². The van der Waals surface area contributed by atoms with Crippen molar-refractivity contribution in [1.29, 1.82) is 0 Å². The molecule has 1 heterocycles. The predicted octanol–water partition coefficient (Wildman–Crippen LogP) is 3.33. The Hall–Kier alpha value is -2.53. The van der Waals surface area contributed by atoms with Crippen LogP contribution in [0, 0.1) is 5.92 Å². The van der Waals surface area contributed by atoms with E-state index in [0.717, 1.165) is 49.3 Å². The van der Waals surface area contributed by atoms with Gasteiger partial charge in [-0.25, -0.2) is 0 Å². The minimum atomic E-state index is -0.183. The summed E-state index contributed by atoms with van der Waals surface area (Å²) in [4.78, 5) is 11.6. The molecular weight excluding hydrogens is 340 g/mol. The standard InChI is InChI=1S/C22H26N2O3/c23-22(25)17-5-1-2-6-18(17)24-13-15-9-11-16(12-10-15)21-14-26-19-7-3-4-8-20(19)27-21/h3-4,7-12,17-18,21,24H,1-2,5-6,13-14H2,(H2,23,25)/t17-,18?,21+/m0/s1. The van der Waals surface area contributed by atoms with E-state index >= 15 is 0 Å². The summed E-state index contributed by atoms with van der Waals surface area (Å²) in [6.45, 7) is 1.25. The lowest BCUT2D eigenvalue weighted by molar-refractivity contribution is -0.123. The van der Waals surface area contributed by atoms with Gasteiger partial charge in [-0.1, -0.05) is 49.2 Å². The third kappa shape index (κ3) is 4.08. The van der Waals surface area contributed by atoms with Gasteiger partial charge in [-0.2, -0.15) is 0 Å². The van der Waals surface area contributed by atoms with E-state index in [-0.39, 0.29) is 24.0 Å². The number of carbonyl (C=O) groups excluding carboxylic acids is 1. The number of hydrogen-bond acceptors (Lipinski definition) is 4. The molecule has 0 spiro atoms. The van der Waals surface area contributed by atoms with Gasteiger partial charge in [-0.05, 0) is 36.1 Å². The highest BCUT2D eigenvalue weighted by molar-refractivity contribution is 5.77. The maximum Gasteiger partial charge on any atom is 0.222 e. The number of fused-ring (bicyclic) bond motifs is 1. The van der Waals surface area contributed by atoms with Crippen LogP contribution in [0.15, 0.2) is 48.5 Å². The van der Waals surface area contributed by atoms with Crippen molar-refractivity contribution in [3.05, 3.63) is 59.7 Å². The number of amides is 1. The molecule has 1 fully saturated rings. The SMILES string of the molecule is NC(=O)[C@H]1CCCCC1NCc1ccc([C@H]2COc3ccccc3O2)cc1. The number of para-hydroxylation sites is 2. The lowest BCUT2D eigenvalue weighted by Crippen LogP contribution is -2.44. The van der Waals surface area contributed by atoms with Crippen molar-refractivity contribution in [2.24, 2.45) is 11.7 Å². The Morgan fingerprint density at radius 1 is 1.04 bits per heavy atom. The van der Waals surface area contributed by atoms with Gasteiger partial charge in [0, 0.05) is 12.6 Å². The minimum absolute atomic E-state index is 0.0501. The molecule has 2 aromatic rings. The topological polar surface area (TPSA) is 73.6 Å². The second-order valence-electron chi connectivity index (χ2n) is 7.39. The van der Waals surface area contributed by atoms with E-state index in [1.165, 1.54) is 5.56 Å². The molecule has 4 rings (SSSR count). The fourth-order valence-electron chi connectivity index (χ4n) is 4.00. The highest BCUT2D eigenvalue weighted by atomic mass is 16.6. The van der Waals surface area contributed by atoms with E-state index in [1.807, 2.05) is 24.3 Å². The van der Waals surface area contributed by atoms with Crippen molar-refractivity contribution in [3.8, 4) is 11.5 Å². The summed E-state index contributed by atoms with van der Waals surface area (Å²) < 4.78 is 11.9. The number of ether oxygens (including phenoxy) is 2. The van der Waals surface area contributed by atoms with E-state index < -0.39 is 0 Å². The van der Waals surface area contributed by atoms with Crippen LogP contribution < -0.4 is 20.5 Å². The summed E-state index contributed by atoms with van der Waals surface area (Å²) >= 11 is 0. The number of primary amides is 1. The van der Waals surface area contributed by atoms with Crippen LogP contribution in [0.3, 0.4) is 0 Å². The first-order valence-electron chi connectivity index (χ1n) is 9.71. The molecule has 0 aromatic heterocycles. The van der Waals surface area contributed by atoms with Crippen molar-refractivity contribution in [2.45, 2.75) is 44.4 Å². The fourth-order valence-corrected chi connectivity index (χ4v) is 4.00. The van der Waals surface area contributed by atoms with Gasteiger partial charge in [0.25, 0.3) is 0 Å². The molecule has 27 heavy (non-hydrogen) atoms. The maximum atomic E-state index is 11.6. The molecule has 0 radical (unpaired) electrons. The van der Waals surface area contributed by atoms with Crippen LogP contribution in [0.2, 0.25) is 0 Å². The number of carbonyl (C=O) groups is 1. The van der Waals surface area contributed by atoms with Gasteiger partial charge in [-0.3, -0.25) is 4.79 Å². The van der Waals surface area contributed by atoms with Crippen LogP contribution in [0.4, 0.5) is 0 Å². The molecule has 0 saturated heterocycles. The first kappa shape index (κ1) is 17.9. The number of benzene rings is 2. The van der Waals surface area contributed by atoms with Gasteiger partial charge >= 0.3 is 0 Å². The number of nitrogens with two attached hydrogens (primary N) is 1. The first-order valence-corrected chi connectivity index (χ1v) is 9.71. The van der Waals surface area contributed by atoms with Gasteiger partial charge in [0.1, 0.15) is 6.61 Å². The molecule has 5 nitrogen and oxygen atoms in total. The molecule has 1 aliphatic carbocycles. The molecule has 1 amide bonds. The molecule has 3 N–H and O–H groups in total. The van der Waals surface area contributed by atoms with E-state index in [1.54, 1.807) is 0 Å². The highest BCUT2D eigenvalue weighted by Crippen LogP contribution is 2.35. The Labute approximate surface area is 159 Å². The summed E-state index contributed by atoms with van der Waals surface area (Å²) in [6, 6.07) is 16.3. The Morgan fingerprint density at radius 3 is 2.56 bits per heavy atom. The maximum absolute atomic E-state index is 11.6. The summed E-state index contributed by atoms with van der Waals surface area (Å²) in [7, 11) is 0. The fraction of sp³-hybridized carbons (Fsp3) is 0.409. The second-order valence-corrected chi connectivity index (χ2v) is 7.39. The van der Waals surface area contributed by atoms with Crippen LogP contribution in [-0.4, -0.2) is 18.6 Å². The van der Waals surface area contributed by atoms with Gasteiger partial charge in [0.2, 0.25) is 5.91 Å².